The summed E-state index contributed by atoms with van der Waals surface area (Å²) in [6, 6.07) is 7.90. The summed E-state index contributed by atoms with van der Waals surface area (Å²) in [4.78, 5) is 4.45. The molecule has 1 unspecified atom stereocenters. The van der Waals surface area contributed by atoms with E-state index >= 15 is 0 Å². The molecule has 0 saturated carbocycles. The number of nitrogens with two attached hydrogens (primary N) is 1. The molecule has 0 saturated heterocycles. The molecule has 0 radical (unpaired) electrons. The van der Waals surface area contributed by atoms with E-state index in [4.69, 9.17) is 5.73 Å². The summed E-state index contributed by atoms with van der Waals surface area (Å²) in [7, 11) is 0. The van der Waals surface area contributed by atoms with Crippen molar-refractivity contribution in [3.8, 4) is 11.4 Å². The lowest BCUT2D eigenvalue weighted by Crippen LogP contribution is -2.08. The lowest BCUT2D eigenvalue weighted by Gasteiger charge is -2.13. The first kappa shape index (κ1) is 12.7. The van der Waals surface area contributed by atoms with Crippen molar-refractivity contribution in [2.75, 3.05) is 5.73 Å². The first-order valence-electron chi connectivity index (χ1n) is 6.57. The molecule has 0 aliphatic rings. The van der Waals surface area contributed by atoms with Crippen molar-refractivity contribution in [2.45, 2.75) is 33.2 Å². The van der Waals surface area contributed by atoms with Gasteiger partial charge in [-0.2, -0.15) is 0 Å². The van der Waals surface area contributed by atoms with Crippen LogP contribution in [0.4, 0.5) is 5.69 Å². The lowest BCUT2D eigenvalue weighted by molar-refractivity contribution is 0.448. The zero-order valence-electron chi connectivity index (χ0n) is 11.1. The van der Waals surface area contributed by atoms with E-state index in [1.165, 1.54) is 12.8 Å². The maximum Gasteiger partial charge on any atom is 0.139 e. The highest BCUT2D eigenvalue weighted by molar-refractivity contribution is 5.61. The number of nitrogens with zero attached hydrogens (tertiary/aromatic N) is 2. The molecule has 1 atom stereocenters. The smallest absolute Gasteiger partial charge is 0.139 e. The molecular formula is C15H21N3. The molecule has 1 aromatic heterocycles. The number of anilines is 1. The Morgan fingerprint density at radius 2 is 2.22 bits per heavy atom. The van der Waals surface area contributed by atoms with Gasteiger partial charge in [0.05, 0.1) is 0 Å². The van der Waals surface area contributed by atoms with Crippen LogP contribution in [0.2, 0.25) is 0 Å². The number of imidazole rings is 1. The summed E-state index contributed by atoms with van der Waals surface area (Å²) >= 11 is 0. The highest BCUT2D eigenvalue weighted by Gasteiger charge is 2.09. The zero-order chi connectivity index (χ0) is 13.0. The third kappa shape index (κ3) is 2.92. The van der Waals surface area contributed by atoms with Crippen LogP contribution in [0, 0.1) is 5.92 Å². The average Bonchev–Trinajstić information content (AvgIpc) is 2.77. The van der Waals surface area contributed by atoms with Gasteiger partial charge in [-0.25, -0.2) is 4.98 Å². The van der Waals surface area contributed by atoms with Gasteiger partial charge < -0.3 is 10.3 Å². The third-order valence-electron chi connectivity index (χ3n) is 3.15. The summed E-state index contributed by atoms with van der Waals surface area (Å²) < 4.78 is 2.22. The highest BCUT2D eigenvalue weighted by Crippen LogP contribution is 2.21. The summed E-state index contributed by atoms with van der Waals surface area (Å²) in [5.41, 5.74) is 7.69. The van der Waals surface area contributed by atoms with Crippen molar-refractivity contribution in [1.82, 2.24) is 9.55 Å². The van der Waals surface area contributed by atoms with Crippen molar-refractivity contribution in [3.05, 3.63) is 36.7 Å². The SMILES string of the molecule is CCCC(C)Cn1ccnc1-c1cccc(N)c1. The van der Waals surface area contributed by atoms with E-state index in [9.17, 15) is 0 Å². The lowest BCUT2D eigenvalue weighted by atomic mass is 10.1. The van der Waals surface area contributed by atoms with Gasteiger partial charge in [-0.15, -0.1) is 0 Å². The molecule has 18 heavy (non-hydrogen) atoms. The molecule has 3 nitrogen and oxygen atoms in total. The summed E-state index contributed by atoms with van der Waals surface area (Å²) in [6.07, 6.45) is 6.37. The quantitative estimate of drug-likeness (QED) is 0.816. The van der Waals surface area contributed by atoms with E-state index in [-0.39, 0.29) is 0 Å². The summed E-state index contributed by atoms with van der Waals surface area (Å²) in [5.74, 6) is 1.68. The molecule has 1 aromatic carbocycles. The fraction of sp³-hybridized carbons (Fsp3) is 0.400. The number of benzene rings is 1. The number of aromatic nitrogens is 2. The fourth-order valence-corrected chi connectivity index (χ4v) is 2.31. The van der Waals surface area contributed by atoms with Crippen LogP contribution in [-0.4, -0.2) is 9.55 Å². The van der Waals surface area contributed by atoms with E-state index in [0.29, 0.717) is 5.92 Å². The first-order chi connectivity index (χ1) is 8.70. The summed E-state index contributed by atoms with van der Waals surface area (Å²) in [5, 5.41) is 0. The largest absolute Gasteiger partial charge is 0.399 e. The monoisotopic (exact) mass is 243 g/mol. The van der Waals surface area contributed by atoms with Crippen LogP contribution >= 0.6 is 0 Å². The second-order valence-corrected chi connectivity index (χ2v) is 4.92. The number of rotatable bonds is 5. The van der Waals surface area contributed by atoms with Crippen LogP contribution in [0.25, 0.3) is 11.4 Å². The van der Waals surface area contributed by atoms with Gasteiger partial charge in [0.15, 0.2) is 0 Å². The minimum Gasteiger partial charge on any atom is -0.399 e. The topological polar surface area (TPSA) is 43.8 Å². The molecule has 0 aliphatic carbocycles. The number of hydrogen-bond acceptors (Lipinski definition) is 2. The van der Waals surface area contributed by atoms with Gasteiger partial charge in [0.1, 0.15) is 5.82 Å². The molecule has 2 aromatic rings. The molecule has 96 valence electrons. The highest BCUT2D eigenvalue weighted by atomic mass is 15.1. The second-order valence-electron chi connectivity index (χ2n) is 4.92. The molecule has 0 amide bonds. The minimum absolute atomic E-state index is 0.670. The molecule has 0 fully saturated rings. The fourth-order valence-electron chi connectivity index (χ4n) is 2.31. The van der Waals surface area contributed by atoms with Crippen molar-refractivity contribution in [1.29, 1.82) is 0 Å². The Kier molecular flexibility index (Phi) is 4.03. The van der Waals surface area contributed by atoms with Crippen molar-refractivity contribution in [3.63, 3.8) is 0 Å². The Labute approximate surface area is 109 Å². The molecule has 2 rings (SSSR count). The van der Waals surface area contributed by atoms with E-state index in [1.807, 2.05) is 30.6 Å². The van der Waals surface area contributed by atoms with E-state index in [2.05, 4.69) is 29.5 Å². The van der Waals surface area contributed by atoms with E-state index in [1.54, 1.807) is 0 Å². The maximum absolute atomic E-state index is 5.83. The minimum atomic E-state index is 0.670. The van der Waals surface area contributed by atoms with Crippen molar-refractivity contribution < 1.29 is 0 Å². The molecule has 2 N–H and O–H groups in total. The summed E-state index contributed by atoms with van der Waals surface area (Å²) in [6.45, 7) is 5.52. The predicted octanol–water partition coefficient (Wildman–Crippen LogP) is 3.57. The Morgan fingerprint density at radius 3 is 2.94 bits per heavy atom. The Balaban J connectivity index is 2.22. The normalized spacial score (nSPS) is 12.6. The first-order valence-corrected chi connectivity index (χ1v) is 6.57. The van der Waals surface area contributed by atoms with Crippen molar-refractivity contribution in [2.24, 2.45) is 5.92 Å². The standard InChI is InChI=1S/C15H21N3/c1-3-5-12(2)11-18-9-8-17-15(18)13-6-4-7-14(16)10-13/h4,6-10,12H,3,5,11,16H2,1-2H3. The molecule has 3 heteroatoms. The van der Waals surface area contributed by atoms with Crippen LogP contribution in [0.3, 0.4) is 0 Å². The van der Waals surface area contributed by atoms with E-state index in [0.717, 1.165) is 23.6 Å². The van der Waals surface area contributed by atoms with Crippen LogP contribution < -0.4 is 5.73 Å². The van der Waals surface area contributed by atoms with Crippen LogP contribution in [-0.2, 0) is 6.54 Å². The van der Waals surface area contributed by atoms with Gasteiger partial charge in [0.25, 0.3) is 0 Å². The Bertz CT molecular complexity index is 502. The van der Waals surface area contributed by atoms with Gasteiger partial charge in [-0.1, -0.05) is 32.4 Å². The van der Waals surface area contributed by atoms with Crippen molar-refractivity contribution >= 4 is 5.69 Å². The molecular weight excluding hydrogens is 222 g/mol. The van der Waals surface area contributed by atoms with Gasteiger partial charge in [-0.05, 0) is 24.5 Å². The Hall–Kier alpha value is -1.77. The van der Waals surface area contributed by atoms with Gasteiger partial charge in [-0.3, -0.25) is 0 Å². The van der Waals surface area contributed by atoms with E-state index < -0.39 is 0 Å². The number of nitrogen functional groups attached to an aromatic ring is 1. The van der Waals surface area contributed by atoms with Gasteiger partial charge in [0.2, 0.25) is 0 Å². The Morgan fingerprint density at radius 1 is 1.39 bits per heavy atom. The third-order valence-corrected chi connectivity index (χ3v) is 3.15. The average molecular weight is 243 g/mol. The zero-order valence-corrected chi connectivity index (χ0v) is 11.1. The molecule has 0 spiro atoms. The maximum atomic E-state index is 5.83. The van der Waals surface area contributed by atoms with Gasteiger partial charge >= 0.3 is 0 Å². The van der Waals surface area contributed by atoms with Crippen LogP contribution in [0.1, 0.15) is 26.7 Å². The predicted molar refractivity (Wildman–Crippen MR) is 76.1 cm³/mol. The second kappa shape index (κ2) is 5.71. The molecule has 1 heterocycles. The van der Waals surface area contributed by atoms with Crippen LogP contribution in [0.15, 0.2) is 36.7 Å². The molecule has 0 aliphatic heterocycles. The molecule has 0 bridgehead atoms. The number of hydrogen-bond donors (Lipinski definition) is 1. The van der Waals surface area contributed by atoms with Crippen LogP contribution in [0.5, 0.6) is 0 Å². The van der Waals surface area contributed by atoms with Gasteiger partial charge in [0, 0.05) is 30.2 Å².